The number of rotatable bonds is 8. The molecule has 6 nitrogen and oxygen atoms in total. The molecule has 2 aromatic carbocycles. The molecule has 0 N–H and O–H groups in total. The minimum atomic E-state index is 0.133. The van der Waals surface area contributed by atoms with Gasteiger partial charge in [-0.3, -0.25) is 4.79 Å². The molecule has 0 bridgehead atoms. The van der Waals surface area contributed by atoms with Crippen LogP contribution in [0.5, 0.6) is 0 Å². The van der Waals surface area contributed by atoms with Crippen LogP contribution >= 0.6 is 11.8 Å². The van der Waals surface area contributed by atoms with Crippen LogP contribution in [0.2, 0.25) is 0 Å². The molecular formula is C24H25N5OS. The van der Waals surface area contributed by atoms with E-state index >= 15 is 0 Å². The summed E-state index contributed by atoms with van der Waals surface area (Å²) >= 11 is 1.37. The molecule has 2 heterocycles. The summed E-state index contributed by atoms with van der Waals surface area (Å²) in [6.07, 6.45) is 3.18. The Morgan fingerprint density at radius 2 is 1.87 bits per heavy atom. The van der Waals surface area contributed by atoms with Gasteiger partial charge in [-0.05, 0) is 30.9 Å². The fraction of sp³-hybridized carbons (Fsp3) is 0.333. The van der Waals surface area contributed by atoms with E-state index in [0.717, 1.165) is 53.4 Å². The first-order chi connectivity index (χ1) is 15.2. The topological polar surface area (TPSA) is 63.9 Å². The third-order valence-electron chi connectivity index (χ3n) is 5.63. The number of hydrogen-bond acceptors (Lipinski definition) is 5. The quantitative estimate of drug-likeness (QED) is 0.379. The third-order valence-corrected chi connectivity index (χ3v) is 6.45. The van der Waals surface area contributed by atoms with Crippen molar-refractivity contribution in [2.24, 2.45) is 0 Å². The average molecular weight is 432 g/mol. The monoisotopic (exact) mass is 431 g/mol. The van der Waals surface area contributed by atoms with E-state index in [2.05, 4.69) is 46.0 Å². The number of fused-ring (bicyclic) bond motifs is 3. The molecular weight excluding hydrogens is 406 g/mol. The van der Waals surface area contributed by atoms with Crippen molar-refractivity contribution < 1.29 is 4.79 Å². The number of hydrogen-bond donors (Lipinski definition) is 0. The Morgan fingerprint density at radius 3 is 2.65 bits per heavy atom. The van der Waals surface area contributed by atoms with Crippen LogP contribution < -0.4 is 0 Å². The van der Waals surface area contributed by atoms with Crippen molar-refractivity contribution >= 4 is 39.7 Å². The first-order valence-corrected chi connectivity index (χ1v) is 11.8. The molecule has 1 amide bonds. The lowest BCUT2D eigenvalue weighted by atomic mass is 10.2. The molecule has 1 aliphatic carbocycles. The maximum atomic E-state index is 13.0. The molecule has 4 aromatic rings. The minimum absolute atomic E-state index is 0.133. The molecule has 1 aliphatic rings. The maximum absolute atomic E-state index is 13.0. The second-order valence-electron chi connectivity index (χ2n) is 7.96. The summed E-state index contributed by atoms with van der Waals surface area (Å²) in [7, 11) is 0. The Kier molecular flexibility index (Phi) is 5.59. The van der Waals surface area contributed by atoms with Gasteiger partial charge in [0.1, 0.15) is 5.52 Å². The van der Waals surface area contributed by atoms with Crippen LogP contribution in [0.4, 0.5) is 0 Å². The number of benzene rings is 2. The van der Waals surface area contributed by atoms with Gasteiger partial charge < -0.3 is 9.47 Å². The van der Waals surface area contributed by atoms with Crippen LogP contribution in [0.25, 0.3) is 22.1 Å². The van der Waals surface area contributed by atoms with Gasteiger partial charge in [0.2, 0.25) is 11.1 Å². The van der Waals surface area contributed by atoms with Gasteiger partial charge >= 0.3 is 0 Å². The first kappa shape index (κ1) is 20.0. The van der Waals surface area contributed by atoms with Crippen LogP contribution in [0.3, 0.4) is 0 Å². The summed E-state index contributed by atoms with van der Waals surface area (Å²) < 4.78 is 2.21. The van der Waals surface area contributed by atoms with Gasteiger partial charge in [-0.2, -0.15) is 0 Å². The van der Waals surface area contributed by atoms with Crippen molar-refractivity contribution in [1.82, 2.24) is 24.6 Å². The lowest BCUT2D eigenvalue weighted by molar-refractivity contribution is -0.129. The number of carbonyl (C=O) groups excluding carboxylic acids is 1. The van der Waals surface area contributed by atoms with Crippen LogP contribution in [0.15, 0.2) is 59.8 Å². The van der Waals surface area contributed by atoms with E-state index in [9.17, 15) is 4.79 Å². The predicted octanol–water partition coefficient (Wildman–Crippen LogP) is 4.67. The van der Waals surface area contributed by atoms with Gasteiger partial charge in [-0.25, -0.2) is 4.98 Å². The molecule has 5 rings (SSSR count). The highest BCUT2D eigenvalue weighted by Crippen LogP contribution is 2.30. The number of thioether (sulfide) groups is 1. The maximum Gasteiger partial charge on any atom is 0.233 e. The minimum Gasteiger partial charge on any atom is -0.335 e. The summed E-state index contributed by atoms with van der Waals surface area (Å²) in [6, 6.07) is 18.8. The Hall–Kier alpha value is -2.93. The van der Waals surface area contributed by atoms with Crippen LogP contribution in [-0.2, 0) is 17.9 Å². The van der Waals surface area contributed by atoms with E-state index in [1.165, 1.54) is 11.8 Å². The third kappa shape index (κ3) is 4.14. The van der Waals surface area contributed by atoms with Gasteiger partial charge in [0.15, 0.2) is 5.65 Å². The molecule has 7 heteroatoms. The van der Waals surface area contributed by atoms with E-state index in [1.807, 2.05) is 35.2 Å². The highest BCUT2D eigenvalue weighted by Gasteiger charge is 2.32. The van der Waals surface area contributed by atoms with Crippen molar-refractivity contribution in [1.29, 1.82) is 0 Å². The summed E-state index contributed by atoms with van der Waals surface area (Å²) in [5.74, 6) is 0.457. The lowest BCUT2D eigenvalue weighted by Gasteiger charge is -2.22. The number of aromatic nitrogens is 4. The van der Waals surface area contributed by atoms with Crippen molar-refractivity contribution in [3.8, 4) is 0 Å². The molecule has 0 aliphatic heterocycles. The van der Waals surface area contributed by atoms with Gasteiger partial charge in [-0.15, -0.1) is 10.2 Å². The normalized spacial score (nSPS) is 13.7. The molecule has 1 fully saturated rings. The van der Waals surface area contributed by atoms with Crippen molar-refractivity contribution in [3.05, 3.63) is 60.2 Å². The first-order valence-electron chi connectivity index (χ1n) is 10.8. The number of aryl methyl sites for hydroxylation is 1. The fourth-order valence-electron chi connectivity index (χ4n) is 4.00. The van der Waals surface area contributed by atoms with Crippen molar-refractivity contribution in [2.75, 3.05) is 5.75 Å². The average Bonchev–Trinajstić information content (AvgIpc) is 3.61. The number of carbonyl (C=O) groups is 1. The molecule has 2 aromatic heterocycles. The van der Waals surface area contributed by atoms with E-state index in [1.54, 1.807) is 0 Å². The van der Waals surface area contributed by atoms with Gasteiger partial charge in [0, 0.05) is 24.5 Å². The highest BCUT2D eigenvalue weighted by atomic mass is 32.2. The Balaban J connectivity index is 1.36. The molecule has 158 valence electrons. The number of para-hydroxylation sites is 1. The zero-order chi connectivity index (χ0) is 21.2. The van der Waals surface area contributed by atoms with E-state index in [4.69, 9.17) is 4.98 Å². The summed E-state index contributed by atoms with van der Waals surface area (Å²) in [5, 5.41) is 10.4. The highest BCUT2D eigenvalue weighted by molar-refractivity contribution is 7.99. The summed E-state index contributed by atoms with van der Waals surface area (Å²) in [4.78, 5) is 19.8. The van der Waals surface area contributed by atoms with Gasteiger partial charge in [0.25, 0.3) is 0 Å². The molecule has 0 unspecified atom stereocenters. The number of amides is 1. The molecule has 0 saturated heterocycles. The SMILES string of the molecule is CCCn1c2ccccc2c2nnc(SCC(=O)N(Cc3ccccc3)C3CC3)nc21. The smallest absolute Gasteiger partial charge is 0.233 e. The predicted molar refractivity (Wildman–Crippen MR) is 124 cm³/mol. The standard InChI is InChI=1S/C24H25N5OS/c1-2-14-28-20-11-7-6-10-19(20)22-23(28)25-24(27-26-22)31-16-21(30)29(18-12-13-18)15-17-8-4-3-5-9-17/h3-11,18H,2,12-16H2,1H3. The number of nitrogens with zero attached hydrogens (tertiary/aromatic N) is 5. The van der Waals surface area contributed by atoms with Crippen molar-refractivity contribution in [2.45, 2.75) is 50.5 Å². The second-order valence-corrected chi connectivity index (χ2v) is 8.90. The zero-order valence-corrected chi connectivity index (χ0v) is 18.4. The van der Waals surface area contributed by atoms with Crippen molar-refractivity contribution in [3.63, 3.8) is 0 Å². The van der Waals surface area contributed by atoms with E-state index in [0.29, 0.717) is 23.5 Å². The molecule has 0 radical (unpaired) electrons. The summed E-state index contributed by atoms with van der Waals surface area (Å²) in [6.45, 7) is 3.69. The Morgan fingerprint density at radius 1 is 1.10 bits per heavy atom. The Labute approximate surface area is 185 Å². The Bertz CT molecular complexity index is 1220. The van der Waals surface area contributed by atoms with Gasteiger partial charge in [-0.1, -0.05) is 67.2 Å². The molecule has 0 atom stereocenters. The van der Waals surface area contributed by atoms with Crippen LogP contribution in [0.1, 0.15) is 31.7 Å². The van der Waals surface area contributed by atoms with E-state index < -0.39 is 0 Å². The largest absolute Gasteiger partial charge is 0.335 e. The summed E-state index contributed by atoms with van der Waals surface area (Å²) in [5.41, 5.74) is 3.96. The molecule has 31 heavy (non-hydrogen) atoms. The van der Waals surface area contributed by atoms with Gasteiger partial charge in [0.05, 0.1) is 11.3 Å². The second kappa shape index (κ2) is 8.67. The molecule has 1 saturated carbocycles. The fourth-order valence-corrected chi connectivity index (χ4v) is 4.66. The van der Waals surface area contributed by atoms with E-state index in [-0.39, 0.29) is 5.91 Å². The molecule has 0 spiro atoms. The van der Waals surface area contributed by atoms with Crippen LogP contribution in [-0.4, -0.2) is 42.4 Å². The lowest BCUT2D eigenvalue weighted by Crippen LogP contribution is -2.34. The zero-order valence-electron chi connectivity index (χ0n) is 17.6. The van der Waals surface area contributed by atoms with Crippen LogP contribution in [0, 0.1) is 0 Å².